The first-order valence-corrected chi connectivity index (χ1v) is 30.7. The molecule has 0 aliphatic heterocycles. The largest absolute Gasteiger partial charge is 0.462 e. The third-order valence-corrected chi connectivity index (χ3v) is 13.0. The number of hydrogen-bond acceptors (Lipinski definition) is 6. The monoisotopic (exact) mass is 1010 g/mol. The van der Waals surface area contributed by atoms with Gasteiger partial charge in [-0.1, -0.05) is 253 Å². The Bertz CT molecular complexity index is 1440. The minimum atomic E-state index is -0.805. The fourth-order valence-electron chi connectivity index (χ4n) is 8.42. The molecule has 0 radical (unpaired) electrons. The van der Waals surface area contributed by atoms with Crippen LogP contribution in [-0.4, -0.2) is 37.2 Å². The maximum absolute atomic E-state index is 12.9. The first-order chi connectivity index (χ1) is 36.0. The Labute approximate surface area is 451 Å². The molecule has 0 aromatic rings. The zero-order valence-corrected chi connectivity index (χ0v) is 47.9. The highest BCUT2D eigenvalue weighted by molar-refractivity contribution is 5.71. The van der Waals surface area contributed by atoms with Gasteiger partial charge in [-0.25, -0.2) is 0 Å². The lowest BCUT2D eigenvalue weighted by Gasteiger charge is -2.18. The van der Waals surface area contributed by atoms with E-state index < -0.39 is 6.10 Å². The Morgan fingerprint density at radius 3 is 0.918 bits per heavy atom. The van der Waals surface area contributed by atoms with Crippen LogP contribution in [0.1, 0.15) is 290 Å². The number of carbonyl (C=O) groups excluding carboxylic acids is 3. The number of hydrogen-bond donors (Lipinski definition) is 0. The van der Waals surface area contributed by atoms with Crippen molar-refractivity contribution in [2.45, 2.75) is 297 Å². The van der Waals surface area contributed by atoms with Crippen LogP contribution in [0.15, 0.2) is 97.2 Å². The van der Waals surface area contributed by atoms with E-state index in [2.05, 4.69) is 118 Å². The topological polar surface area (TPSA) is 78.9 Å². The number of allylic oxidation sites excluding steroid dienone is 16. The van der Waals surface area contributed by atoms with Crippen LogP contribution >= 0.6 is 0 Å². The van der Waals surface area contributed by atoms with Gasteiger partial charge >= 0.3 is 17.9 Å². The highest BCUT2D eigenvalue weighted by atomic mass is 16.6. The Balaban J connectivity index is 4.37. The summed E-state index contributed by atoms with van der Waals surface area (Å²) in [6, 6.07) is 0. The van der Waals surface area contributed by atoms with Gasteiger partial charge < -0.3 is 14.2 Å². The summed E-state index contributed by atoms with van der Waals surface area (Å²) in [5, 5.41) is 0. The van der Waals surface area contributed by atoms with Gasteiger partial charge in [0.1, 0.15) is 13.2 Å². The zero-order valence-electron chi connectivity index (χ0n) is 47.9. The van der Waals surface area contributed by atoms with E-state index in [-0.39, 0.29) is 37.5 Å². The molecule has 0 aliphatic carbocycles. The molecule has 6 heteroatoms. The van der Waals surface area contributed by atoms with E-state index in [4.69, 9.17) is 14.2 Å². The summed E-state index contributed by atoms with van der Waals surface area (Å²) in [4.78, 5) is 38.2. The van der Waals surface area contributed by atoms with Gasteiger partial charge in [0.05, 0.1) is 0 Å². The molecule has 0 amide bonds. The van der Waals surface area contributed by atoms with Gasteiger partial charge in [0.25, 0.3) is 0 Å². The van der Waals surface area contributed by atoms with Gasteiger partial charge in [-0.05, 0) is 116 Å². The maximum atomic E-state index is 12.9. The molecule has 0 spiro atoms. The normalized spacial score (nSPS) is 12.8. The van der Waals surface area contributed by atoms with Crippen molar-refractivity contribution in [2.24, 2.45) is 0 Å². The zero-order chi connectivity index (χ0) is 52.9. The molecule has 6 nitrogen and oxygen atoms in total. The summed E-state index contributed by atoms with van der Waals surface area (Å²) in [6.45, 7) is 6.46. The Morgan fingerprint density at radius 1 is 0.288 bits per heavy atom. The quantitative estimate of drug-likeness (QED) is 0.0261. The third kappa shape index (κ3) is 59.1. The first-order valence-electron chi connectivity index (χ1n) is 30.7. The van der Waals surface area contributed by atoms with E-state index >= 15 is 0 Å². The second-order valence-corrected chi connectivity index (χ2v) is 20.2. The van der Waals surface area contributed by atoms with E-state index in [0.717, 1.165) is 103 Å². The average molecular weight is 1020 g/mol. The third-order valence-electron chi connectivity index (χ3n) is 13.0. The molecule has 0 saturated heterocycles. The van der Waals surface area contributed by atoms with Crippen LogP contribution in [0.4, 0.5) is 0 Å². The highest BCUT2D eigenvalue weighted by Crippen LogP contribution is 2.15. The molecule has 0 N–H and O–H groups in total. The van der Waals surface area contributed by atoms with E-state index in [1.807, 2.05) is 0 Å². The summed E-state index contributed by atoms with van der Waals surface area (Å²) in [6.07, 6.45) is 81.3. The van der Waals surface area contributed by atoms with Gasteiger partial charge in [0.2, 0.25) is 0 Å². The van der Waals surface area contributed by atoms with Crippen LogP contribution in [0, 0.1) is 0 Å². The number of esters is 3. The Hall–Kier alpha value is -3.67. The Morgan fingerprint density at radius 2 is 0.548 bits per heavy atom. The van der Waals surface area contributed by atoms with E-state index in [0.29, 0.717) is 19.3 Å². The molecule has 0 aliphatic rings. The van der Waals surface area contributed by atoms with Crippen molar-refractivity contribution in [3.05, 3.63) is 97.2 Å². The molecular formula is C67H114O6. The van der Waals surface area contributed by atoms with Gasteiger partial charge in [0.15, 0.2) is 6.10 Å². The van der Waals surface area contributed by atoms with E-state index in [1.54, 1.807) is 0 Å². The average Bonchev–Trinajstić information content (AvgIpc) is 3.39. The number of ether oxygens (including phenoxy) is 3. The van der Waals surface area contributed by atoms with Crippen LogP contribution in [-0.2, 0) is 28.6 Å². The molecule has 0 fully saturated rings. The summed E-state index contributed by atoms with van der Waals surface area (Å²) < 4.78 is 16.8. The Kier molecular flexibility index (Phi) is 57.8. The molecular weight excluding hydrogens is 901 g/mol. The fourth-order valence-corrected chi connectivity index (χ4v) is 8.42. The predicted molar refractivity (Wildman–Crippen MR) is 316 cm³/mol. The minimum absolute atomic E-state index is 0.0979. The molecule has 0 aromatic carbocycles. The molecule has 0 rings (SSSR count). The van der Waals surface area contributed by atoms with Crippen molar-refractivity contribution < 1.29 is 28.6 Å². The standard InChI is InChI=1S/C67H114O6/c1-4-7-10-13-16-19-22-24-26-28-30-32-33-35-36-38-40-42-45-48-51-54-57-60-66(69)72-63-64(62-71-65(68)59-56-53-50-47-44-21-18-15-12-9-6-3)73-67(70)61-58-55-52-49-46-43-41-39-37-34-31-29-27-25-23-20-17-14-11-8-5-2/h8,11,15,17-18,20,25,27-28,30-31,34,39,41,46,49,64H,4-7,9-10,12-14,16,19,21-24,26,29,32-33,35-38,40,42-45,47-48,50-63H2,1-3H3/b11-8-,18-15-,20-17-,27-25-,30-28-,34-31-,41-39-,49-46-. The maximum Gasteiger partial charge on any atom is 0.306 e. The summed E-state index contributed by atoms with van der Waals surface area (Å²) in [5.74, 6) is -0.947. The van der Waals surface area contributed by atoms with Crippen LogP contribution in [0.3, 0.4) is 0 Å². The number of unbranched alkanes of at least 4 members (excludes halogenated alkanes) is 28. The van der Waals surface area contributed by atoms with Crippen molar-refractivity contribution in [1.29, 1.82) is 0 Å². The minimum Gasteiger partial charge on any atom is -0.462 e. The van der Waals surface area contributed by atoms with Crippen molar-refractivity contribution >= 4 is 17.9 Å². The van der Waals surface area contributed by atoms with Crippen molar-refractivity contribution in [2.75, 3.05) is 13.2 Å². The van der Waals surface area contributed by atoms with E-state index in [1.165, 1.54) is 141 Å². The summed E-state index contributed by atoms with van der Waals surface area (Å²) >= 11 is 0. The highest BCUT2D eigenvalue weighted by Gasteiger charge is 2.19. The molecule has 418 valence electrons. The van der Waals surface area contributed by atoms with Crippen molar-refractivity contribution in [1.82, 2.24) is 0 Å². The first kappa shape index (κ1) is 69.3. The van der Waals surface area contributed by atoms with Gasteiger partial charge in [-0.2, -0.15) is 0 Å². The van der Waals surface area contributed by atoms with Crippen LogP contribution in [0.5, 0.6) is 0 Å². The summed E-state index contributed by atoms with van der Waals surface area (Å²) in [5.41, 5.74) is 0. The molecule has 73 heavy (non-hydrogen) atoms. The molecule has 0 aromatic heterocycles. The molecule has 0 bridgehead atoms. The van der Waals surface area contributed by atoms with Crippen molar-refractivity contribution in [3.63, 3.8) is 0 Å². The lowest BCUT2D eigenvalue weighted by atomic mass is 10.0. The van der Waals surface area contributed by atoms with Gasteiger partial charge in [0, 0.05) is 19.3 Å². The fraction of sp³-hybridized carbons (Fsp3) is 0.716. The van der Waals surface area contributed by atoms with Gasteiger partial charge in [-0.15, -0.1) is 0 Å². The summed E-state index contributed by atoms with van der Waals surface area (Å²) in [7, 11) is 0. The second kappa shape index (κ2) is 60.9. The van der Waals surface area contributed by atoms with E-state index in [9.17, 15) is 14.4 Å². The van der Waals surface area contributed by atoms with Crippen LogP contribution < -0.4 is 0 Å². The number of rotatable bonds is 55. The smallest absolute Gasteiger partial charge is 0.306 e. The SMILES string of the molecule is CC/C=C\C/C=C\C/C=C\C/C=C\C/C=C\C/C=C\CCCCC(=O)OC(COC(=O)CCCCCCC/C=C\CCCC)COC(=O)CCCCCCCCCCCCC/C=C\CCCCCCCCCC. The lowest BCUT2D eigenvalue weighted by Crippen LogP contribution is -2.30. The number of carbonyl (C=O) groups is 3. The van der Waals surface area contributed by atoms with Crippen LogP contribution in [0.25, 0.3) is 0 Å². The van der Waals surface area contributed by atoms with Gasteiger partial charge in [-0.3, -0.25) is 14.4 Å². The molecule has 1 unspecified atom stereocenters. The predicted octanol–water partition coefficient (Wildman–Crippen LogP) is 20.9. The van der Waals surface area contributed by atoms with Crippen molar-refractivity contribution in [3.8, 4) is 0 Å². The second-order valence-electron chi connectivity index (χ2n) is 20.2. The van der Waals surface area contributed by atoms with Crippen LogP contribution in [0.2, 0.25) is 0 Å². The lowest BCUT2D eigenvalue weighted by molar-refractivity contribution is -0.167. The molecule has 0 heterocycles. The molecule has 1 atom stereocenters. The molecule has 0 saturated carbocycles.